The molecule has 0 spiro atoms. The third-order valence-corrected chi connectivity index (χ3v) is 8.78. The number of nitrogens with one attached hydrogen (secondary N) is 1. The lowest BCUT2D eigenvalue weighted by Crippen LogP contribution is -2.53. The minimum absolute atomic E-state index is 0.0777. The molecule has 0 fully saturated rings. The lowest BCUT2D eigenvalue weighted by Gasteiger charge is -2.34. The number of carbonyl (C=O) groups is 2. The van der Waals surface area contributed by atoms with Crippen molar-refractivity contribution in [2.75, 3.05) is 17.4 Å². The largest absolute Gasteiger partial charge is 0.355 e. The van der Waals surface area contributed by atoms with Gasteiger partial charge in [-0.05, 0) is 61.7 Å². The number of rotatable bonds is 12. The lowest BCUT2D eigenvalue weighted by molar-refractivity contribution is -0.140. The van der Waals surface area contributed by atoms with Crippen LogP contribution >= 0.6 is 0 Å². The topological polar surface area (TPSA) is 86.8 Å². The number of aryl methyl sites for hydroxylation is 2. The van der Waals surface area contributed by atoms with Gasteiger partial charge in [-0.25, -0.2) is 8.42 Å². The fourth-order valence-corrected chi connectivity index (χ4v) is 6.19. The van der Waals surface area contributed by atoms with Crippen LogP contribution in [0.25, 0.3) is 0 Å². The number of anilines is 1. The summed E-state index contributed by atoms with van der Waals surface area (Å²) in [4.78, 5) is 29.4. The maximum atomic E-state index is 14.3. The fourth-order valence-electron chi connectivity index (χ4n) is 4.77. The molecule has 0 saturated heterocycles. The molecule has 4 aromatic rings. The monoisotopic (exact) mass is 583 g/mol. The van der Waals surface area contributed by atoms with Crippen molar-refractivity contribution in [1.82, 2.24) is 10.2 Å². The first-order chi connectivity index (χ1) is 20.2. The SMILES string of the molecule is CCNC(=O)[C@H](Cc1ccccc1)N(Cc1ccc(C)cc1)C(=O)CN(c1cccc(C)c1)S(=O)(=O)c1ccccc1. The van der Waals surface area contributed by atoms with Crippen LogP contribution in [0.15, 0.2) is 114 Å². The predicted molar refractivity (Wildman–Crippen MR) is 166 cm³/mol. The highest BCUT2D eigenvalue weighted by molar-refractivity contribution is 7.92. The first-order valence-electron chi connectivity index (χ1n) is 14.0. The zero-order chi connectivity index (χ0) is 30.1. The van der Waals surface area contributed by atoms with Crippen molar-refractivity contribution in [3.05, 3.63) is 131 Å². The molecule has 0 saturated carbocycles. The number of carbonyl (C=O) groups excluding carboxylic acids is 2. The molecule has 0 bridgehead atoms. The molecule has 8 heteroatoms. The van der Waals surface area contributed by atoms with E-state index in [-0.39, 0.29) is 23.8 Å². The average molecular weight is 584 g/mol. The van der Waals surface area contributed by atoms with Crippen molar-refractivity contribution in [2.45, 2.75) is 44.7 Å². The summed E-state index contributed by atoms with van der Waals surface area (Å²) >= 11 is 0. The van der Waals surface area contributed by atoms with E-state index in [1.54, 1.807) is 36.4 Å². The van der Waals surface area contributed by atoms with E-state index >= 15 is 0 Å². The van der Waals surface area contributed by atoms with Crippen LogP contribution in [0, 0.1) is 13.8 Å². The highest BCUT2D eigenvalue weighted by Crippen LogP contribution is 2.26. The number of benzene rings is 4. The normalized spacial score (nSPS) is 11.9. The molecule has 0 aromatic heterocycles. The minimum Gasteiger partial charge on any atom is -0.355 e. The molecule has 1 N–H and O–H groups in total. The molecule has 0 aliphatic heterocycles. The second kappa shape index (κ2) is 14.0. The van der Waals surface area contributed by atoms with E-state index in [1.807, 2.05) is 81.4 Å². The lowest BCUT2D eigenvalue weighted by atomic mass is 10.0. The Morgan fingerprint density at radius 1 is 0.762 bits per heavy atom. The van der Waals surface area contributed by atoms with Crippen molar-refractivity contribution in [2.24, 2.45) is 0 Å². The Morgan fingerprint density at radius 3 is 2.02 bits per heavy atom. The smallest absolute Gasteiger partial charge is 0.264 e. The zero-order valence-electron chi connectivity index (χ0n) is 24.2. The van der Waals surface area contributed by atoms with Crippen LogP contribution in [-0.4, -0.2) is 44.3 Å². The number of hydrogen-bond donors (Lipinski definition) is 1. The van der Waals surface area contributed by atoms with Gasteiger partial charge in [0.1, 0.15) is 12.6 Å². The van der Waals surface area contributed by atoms with E-state index in [0.717, 1.165) is 26.6 Å². The standard InChI is InChI=1S/C34H37N3O4S/c1-4-35-34(39)32(23-28-13-7-5-8-14-28)36(24-29-20-18-26(2)19-21-29)33(38)25-37(30-15-11-12-27(3)22-30)42(40,41)31-16-9-6-10-17-31/h5-22,32H,4,23-25H2,1-3H3,(H,35,39)/t32-/m0/s1. The van der Waals surface area contributed by atoms with Crippen LogP contribution in [0.2, 0.25) is 0 Å². The van der Waals surface area contributed by atoms with Gasteiger partial charge >= 0.3 is 0 Å². The maximum absolute atomic E-state index is 14.3. The Morgan fingerprint density at radius 2 is 1.40 bits per heavy atom. The molecular weight excluding hydrogens is 546 g/mol. The minimum atomic E-state index is -4.11. The molecule has 1 atom stereocenters. The molecule has 0 unspecified atom stereocenters. The summed E-state index contributed by atoms with van der Waals surface area (Å²) in [6.07, 6.45) is 0.278. The first kappa shape index (κ1) is 30.5. The molecule has 4 aromatic carbocycles. The van der Waals surface area contributed by atoms with Crippen molar-refractivity contribution < 1.29 is 18.0 Å². The molecule has 0 heterocycles. The Balaban J connectivity index is 1.78. The van der Waals surface area contributed by atoms with Crippen LogP contribution in [0.4, 0.5) is 5.69 Å². The van der Waals surface area contributed by atoms with Gasteiger partial charge in [-0.15, -0.1) is 0 Å². The Hall–Kier alpha value is -4.43. The van der Waals surface area contributed by atoms with Crippen LogP contribution in [-0.2, 0) is 32.6 Å². The van der Waals surface area contributed by atoms with Gasteiger partial charge in [0.05, 0.1) is 10.6 Å². The molecule has 0 aliphatic carbocycles. The number of amides is 2. The molecule has 7 nitrogen and oxygen atoms in total. The number of likely N-dealkylation sites (N-methyl/N-ethyl adjacent to an activating group) is 1. The highest BCUT2D eigenvalue weighted by atomic mass is 32.2. The van der Waals surface area contributed by atoms with E-state index in [4.69, 9.17) is 0 Å². The van der Waals surface area contributed by atoms with Gasteiger partial charge in [0.2, 0.25) is 11.8 Å². The van der Waals surface area contributed by atoms with Crippen LogP contribution in [0.5, 0.6) is 0 Å². The third-order valence-electron chi connectivity index (χ3n) is 7.00. The number of hydrogen-bond acceptors (Lipinski definition) is 4. The molecule has 218 valence electrons. The van der Waals surface area contributed by atoms with Gasteiger partial charge in [-0.1, -0.05) is 90.5 Å². The summed E-state index contributed by atoms with van der Waals surface area (Å²) in [5.74, 6) is -0.779. The van der Waals surface area contributed by atoms with Crippen molar-refractivity contribution in [3.8, 4) is 0 Å². The maximum Gasteiger partial charge on any atom is 0.264 e. The van der Waals surface area contributed by atoms with Gasteiger partial charge in [0.15, 0.2) is 0 Å². The van der Waals surface area contributed by atoms with Gasteiger partial charge in [-0.2, -0.15) is 0 Å². The number of nitrogens with zero attached hydrogens (tertiary/aromatic N) is 2. The molecule has 0 radical (unpaired) electrons. The highest BCUT2D eigenvalue weighted by Gasteiger charge is 2.34. The first-order valence-corrected chi connectivity index (χ1v) is 15.4. The second-order valence-corrected chi connectivity index (χ2v) is 12.1. The predicted octanol–water partition coefficient (Wildman–Crippen LogP) is 5.27. The molecule has 0 aliphatic rings. The summed E-state index contributed by atoms with van der Waals surface area (Å²) < 4.78 is 29.1. The Bertz CT molecular complexity index is 1590. The summed E-state index contributed by atoms with van der Waals surface area (Å²) in [6, 6.07) is 31.5. The summed E-state index contributed by atoms with van der Waals surface area (Å²) in [7, 11) is -4.11. The van der Waals surface area contributed by atoms with E-state index in [0.29, 0.717) is 12.2 Å². The molecule has 42 heavy (non-hydrogen) atoms. The van der Waals surface area contributed by atoms with Crippen molar-refractivity contribution in [1.29, 1.82) is 0 Å². The van der Waals surface area contributed by atoms with Crippen LogP contribution in [0.3, 0.4) is 0 Å². The second-order valence-electron chi connectivity index (χ2n) is 10.3. The van der Waals surface area contributed by atoms with Crippen LogP contribution < -0.4 is 9.62 Å². The molecular formula is C34H37N3O4S. The van der Waals surface area contributed by atoms with Crippen LogP contribution in [0.1, 0.15) is 29.2 Å². The Kier molecular flexibility index (Phi) is 10.1. The Labute approximate surface area is 248 Å². The van der Waals surface area contributed by atoms with Gasteiger partial charge < -0.3 is 10.2 Å². The van der Waals surface area contributed by atoms with Crippen molar-refractivity contribution in [3.63, 3.8) is 0 Å². The quantitative estimate of drug-likeness (QED) is 0.246. The molecule has 4 rings (SSSR count). The fraction of sp³-hybridized carbons (Fsp3) is 0.235. The zero-order valence-corrected chi connectivity index (χ0v) is 25.1. The third kappa shape index (κ3) is 7.64. The van der Waals surface area contributed by atoms with Crippen molar-refractivity contribution >= 4 is 27.5 Å². The van der Waals surface area contributed by atoms with E-state index in [9.17, 15) is 18.0 Å². The van der Waals surface area contributed by atoms with Gasteiger partial charge in [0, 0.05) is 19.5 Å². The van der Waals surface area contributed by atoms with E-state index in [1.165, 1.54) is 17.0 Å². The van der Waals surface area contributed by atoms with E-state index < -0.39 is 28.5 Å². The average Bonchev–Trinajstić information content (AvgIpc) is 2.99. The van der Waals surface area contributed by atoms with E-state index in [2.05, 4.69) is 5.32 Å². The summed E-state index contributed by atoms with van der Waals surface area (Å²) in [6.45, 7) is 5.74. The van der Waals surface area contributed by atoms with Gasteiger partial charge in [-0.3, -0.25) is 13.9 Å². The van der Waals surface area contributed by atoms with Gasteiger partial charge in [0.25, 0.3) is 10.0 Å². The number of sulfonamides is 1. The summed E-state index contributed by atoms with van der Waals surface area (Å²) in [5.41, 5.74) is 4.03. The summed E-state index contributed by atoms with van der Waals surface area (Å²) in [5, 5.41) is 2.88. The molecule has 2 amide bonds.